The highest BCUT2D eigenvalue weighted by atomic mass is 16.5. The number of nitrogens with zero attached hydrogens (tertiary/aromatic N) is 3. The number of hydrogen-bond acceptors (Lipinski definition) is 9. The van der Waals surface area contributed by atoms with Gasteiger partial charge in [0.1, 0.15) is 18.0 Å². The molecule has 0 atom stereocenters. The number of rotatable bonds is 10. The van der Waals surface area contributed by atoms with E-state index in [1.54, 1.807) is 42.5 Å². The first-order valence-electron chi connectivity index (χ1n) is 11.2. The molecule has 5 N–H and O–H groups in total. The van der Waals surface area contributed by atoms with Crippen molar-refractivity contribution in [1.29, 1.82) is 5.41 Å². The van der Waals surface area contributed by atoms with Gasteiger partial charge in [0.25, 0.3) is 11.8 Å². The second-order valence-electron chi connectivity index (χ2n) is 8.00. The summed E-state index contributed by atoms with van der Waals surface area (Å²) in [5, 5.41) is 22.0. The molecule has 0 aliphatic heterocycles. The van der Waals surface area contributed by atoms with Crippen LogP contribution in [0.3, 0.4) is 0 Å². The Bertz CT molecular complexity index is 1280. The Morgan fingerprint density at radius 3 is 2.56 bits per heavy atom. The number of aromatic nitrogens is 2. The molecule has 0 radical (unpaired) electrons. The Hall–Kier alpha value is -4.73. The first-order valence-corrected chi connectivity index (χ1v) is 11.2. The largest absolute Gasteiger partial charge is 0.504 e. The van der Waals surface area contributed by atoms with Crippen molar-refractivity contribution >= 4 is 29.2 Å². The molecule has 0 fully saturated rings. The molecule has 3 aromatic rings. The summed E-state index contributed by atoms with van der Waals surface area (Å²) in [7, 11) is 0. The standard InChI is InChI=1S/C26H28N6O4/c1-4-21(34)32(26(35)17-8-6-5-7-9-17)13-12-29-25-22(24(28)30-15-31-25)23(27)18-10-11-20(19(33)14-18)36-16(2)3/h4-11,14-16,27,33H,1,12-13H2,2-3H3,(H3,28,29,30,31). The van der Waals surface area contributed by atoms with E-state index in [-0.39, 0.29) is 47.9 Å². The molecule has 0 aliphatic rings. The maximum Gasteiger partial charge on any atom is 0.260 e. The van der Waals surface area contributed by atoms with Gasteiger partial charge in [-0.25, -0.2) is 9.97 Å². The predicted molar refractivity (Wildman–Crippen MR) is 137 cm³/mol. The Balaban J connectivity index is 1.80. The van der Waals surface area contributed by atoms with E-state index in [1.165, 1.54) is 12.4 Å². The minimum absolute atomic E-state index is 0.0112. The number of anilines is 2. The minimum Gasteiger partial charge on any atom is -0.504 e. The van der Waals surface area contributed by atoms with Crippen LogP contribution in [0.1, 0.15) is 35.3 Å². The zero-order chi connectivity index (χ0) is 26.2. The molecule has 0 aliphatic carbocycles. The van der Waals surface area contributed by atoms with Gasteiger partial charge in [-0.3, -0.25) is 19.9 Å². The normalized spacial score (nSPS) is 10.5. The lowest BCUT2D eigenvalue weighted by molar-refractivity contribution is -0.123. The number of benzene rings is 2. The first-order chi connectivity index (χ1) is 17.2. The van der Waals surface area contributed by atoms with Crippen LogP contribution >= 0.6 is 0 Å². The number of nitrogens with one attached hydrogen (secondary N) is 2. The average molecular weight is 489 g/mol. The van der Waals surface area contributed by atoms with Crippen molar-refractivity contribution in [2.45, 2.75) is 20.0 Å². The number of ether oxygens (including phenoxy) is 1. The van der Waals surface area contributed by atoms with E-state index in [0.717, 1.165) is 11.0 Å². The van der Waals surface area contributed by atoms with Crippen LogP contribution in [0.5, 0.6) is 11.5 Å². The number of carbonyl (C=O) groups excluding carboxylic acids is 2. The van der Waals surface area contributed by atoms with Crippen molar-refractivity contribution in [3.8, 4) is 11.5 Å². The van der Waals surface area contributed by atoms with Gasteiger partial charge < -0.3 is 20.9 Å². The van der Waals surface area contributed by atoms with Gasteiger partial charge in [-0.1, -0.05) is 24.8 Å². The smallest absolute Gasteiger partial charge is 0.260 e. The molecular formula is C26H28N6O4. The summed E-state index contributed by atoms with van der Waals surface area (Å²) >= 11 is 0. The van der Waals surface area contributed by atoms with Crippen LogP contribution < -0.4 is 15.8 Å². The van der Waals surface area contributed by atoms with E-state index in [4.69, 9.17) is 15.9 Å². The molecule has 10 nitrogen and oxygen atoms in total. The highest BCUT2D eigenvalue weighted by Crippen LogP contribution is 2.30. The van der Waals surface area contributed by atoms with Gasteiger partial charge in [-0.05, 0) is 50.3 Å². The molecule has 2 aromatic carbocycles. The molecule has 2 amide bonds. The molecule has 0 spiro atoms. The third-order valence-corrected chi connectivity index (χ3v) is 5.07. The first kappa shape index (κ1) is 25.9. The summed E-state index contributed by atoms with van der Waals surface area (Å²) in [5.41, 5.74) is 6.99. The van der Waals surface area contributed by atoms with Gasteiger partial charge in [-0.2, -0.15) is 0 Å². The summed E-state index contributed by atoms with van der Waals surface area (Å²) in [4.78, 5) is 34.4. The molecular weight excluding hydrogens is 460 g/mol. The fraction of sp³-hybridized carbons (Fsp3) is 0.192. The van der Waals surface area contributed by atoms with E-state index in [2.05, 4.69) is 21.9 Å². The van der Waals surface area contributed by atoms with Crippen molar-refractivity contribution in [3.63, 3.8) is 0 Å². The second kappa shape index (κ2) is 11.6. The zero-order valence-electron chi connectivity index (χ0n) is 20.1. The Morgan fingerprint density at radius 1 is 1.19 bits per heavy atom. The highest BCUT2D eigenvalue weighted by molar-refractivity contribution is 6.16. The number of amides is 2. The number of imide groups is 1. The lowest BCUT2D eigenvalue weighted by atomic mass is 10.0. The quantitative estimate of drug-likeness (QED) is 0.250. The molecule has 10 heteroatoms. The number of nitrogens with two attached hydrogens (primary N) is 1. The van der Waals surface area contributed by atoms with Crippen LogP contribution in [0, 0.1) is 5.41 Å². The van der Waals surface area contributed by atoms with Crippen LogP contribution in [-0.2, 0) is 4.79 Å². The molecule has 186 valence electrons. The fourth-order valence-corrected chi connectivity index (χ4v) is 3.40. The van der Waals surface area contributed by atoms with E-state index < -0.39 is 11.8 Å². The highest BCUT2D eigenvalue weighted by Gasteiger charge is 2.22. The van der Waals surface area contributed by atoms with Crippen molar-refractivity contribution in [1.82, 2.24) is 14.9 Å². The van der Waals surface area contributed by atoms with E-state index in [1.807, 2.05) is 13.8 Å². The van der Waals surface area contributed by atoms with E-state index in [9.17, 15) is 14.7 Å². The summed E-state index contributed by atoms with van der Waals surface area (Å²) < 4.78 is 5.54. The molecule has 0 unspecified atom stereocenters. The van der Waals surface area contributed by atoms with Gasteiger partial charge in [0.2, 0.25) is 0 Å². The average Bonchev–Trinajstić information content (AvgIpc) is 2.87. The predicted octanol–water partition coefficient (Wildman–Crippen LogP) is 3.23. The Labute approximate surface area is 209 Å². The summed E-state index contributed by atoms with van der Waals surface area (Å²) in [6, 6.07) is 13.0. The Morgan fingerprint density at radius 2 is 1.92 bits per heavy atom. The Kier molecular flexibility index (Phi) is 8.35. The maximum absolute atomic E-state index is 12.8. The van der Waals surface area contributed by atoms with Gasteiger partial charge in [0.05, 0.1) is 17.4 Å². The molecule has 1 aromatic heterocycles. The third-order valence-electron chi connectivity index (χ3n) is 5.07. The summed E-state index contributed by atoms with van der Waals surface area (Å²) in [6.45, 7) is 7.29. The van der Waals surface area contributed by atoms with Crippen LogP contribution in [-0.4, -0.2) is 56.7 Å². The van der Waals surface area contributed by atoms with Gasteiger partial charge in [0.15, 0.2) is 11.5 Å². The van der Waals surface area contributed by atoms with E-state index >= 15 is 0 Å². The molecule has 0 saturated carbocycles. The van der Waals surface area contributed by atoms with Crippen LogP contribution in [0.4, 0.5) is 11.6 Å². The molecule has 1 heterocycles. The topological polar surface area (TPSA) is 155 Å². The van der Waals surface area contributed by atoms with Crippen molar-refractivity contribution < 1.29 is 19.4 Å². The molecule has 36 heavy (non-hydrogen) atoms. The van der Waals surface area contributed by atoms with Crippen molar-refractivity contribution in [2.24, 2.45) is 0 Å². The lowest BCUT2D eigenvalue weighted by Gasteiger charge is -2.20. The van der Waals surface area contributed by atoms with Crippen LogP contribution in [0.25, 0.3) is 0 Å². The molecule has 0 bridgehead atoms. The molecule has 3 rings (SSSR count). The van der Waals surface area contributed by atoms with E-state index in [0.29, 0.717) is 16.9 Å². The summed E-state index contributed by atoms with van der Waals surface area (Å²) in [5.74, 6) is -0.524. The fourth-order valence-electron chi connectivity index (χ4n) is 3.40. The number of phenolic OH excluding ortho intramolecular Hbond substituents is 1. The van der Waals surface area contributed by atoms with Crippen molar-refractivity contribution in [2.75, 3.05) is 24.1 Å². The van der Waals surface area contributed by atoms with Gasteiger partial charge in [0, 0.05) is 24.2 Å². The van der Waals surface area contributed by atoms with Gasteiger partial charge in [-0.15, -0.1) is 0 Å². The van der Waals surface area contributed by atoms with Crippen LogP contribution in [0.2, 0.25) is 0 Å². The minimum atomic E-state index is -0.542. The number of aromatic hydroxyl groups is 1. The second-order valence-corrected chi connectivity index (χ2v) is 8.00. The van der Waals surface area contributed by atoms with Crippen LogP contribution in [0.15, 0.2) is 67.5 Å². The van der Waals surface area contributed by atoms with Crippen molar-refractivity contribution in [3.05, 3.63) is 84.2 Å². The zero-order valence-corrected chi connectivity index (χ0v) is 20.1. The maximum atomic E-state index is 12.8. The number of nitrogen functional groups attached to an aromatic ring is 1. The third kappa shape index (κ3) is 6.03. The van der Waals surface area contributed by atoms with Gasteiger partial charge >= 0.3 is 0 Å². The SMILES string of the molecule is C=CC(=O)N(CCNc1ncnc(N)c1C(=N)c1ccc(OC(C)C)c(O)c1)C(=O)c1ccccc1. The number of phenols is 1. The molecule has 0 saturated heterocycles. The lowest BCUT2D eigenvalue weighted by Crippen LogP contribution is -2.39. The summed E-state index contributed by atoms with van der Waals surface area (Å²) in [6.07, 6.45) is 2.19. The monoisotopic (exact) mass is 488 g/mol. The number of carbonyl (C=O) groups is 2. The number of hydrogen-bond donors (Lipinski definition) is 4.